The monoisotopic (exact) mass is 349 g/mol. The highest BCUT2D eigenvalue weighted by Crippen LogP contribution is 2.22. The molecular weight excluding hydrogens is 325 g/mol. The van der Waals surface area contributed by atoms with Gasteiger partial charge >= 0.3 is 0 Å². The van der Waals surface area contributed by atoms with E-state index in [-0.39, 0.29) is 23.7 Å². The molecule has 6 nitrogen and oxygen atoms in total. The number of benzene rings is 1. The van der Waals surface area contributed by atoms with Crippen LogP contribution in [0.1, 0.15) is 30.1 Å². The molecule has 1 N–H and O–H groups in total. The lowest BCUT2D eigenvalue weighted by Gasteiger charge is -2.31. The number of halogens is 1. The van der Waals surface area contributed by atoms with Crippen molar-refractivity contribution in [2.75, 3.05) is 44.3 Å². The van der Waals surface area contributed by atoms with Crippen LogP contribution in [0.25, 0.3) is 0 Å². The molecule has 0 unspecified atom stereocenters. The summed E-state index contributed by atoms with van der Waals surface area (Å²) in [6.45, 7) is 5.31. The number of morpholine rings is 1. The third kappa shape index (κ3) is 4.28. The summed E-state index contributed by atoms with van der Waals surface area (Å²) < 4.78 is 19.7. The van der Waals surface area contributed by atoms with Crippen molar-refractivity contribution in [2.45, 2.75) is 25.8 Å². The van der Waals surface area contributed by atoms with Gasteiger partial charge in [0.05, 0.1) is 18.9 Å². The molecule has 2 aliphatic rings. The van der Waals surface area contributed by atoms with Crippen molar-refractivity contribution in [3.8, 4) is 0 Å². The lowest BCUT2D eigenvalue weighted by Crippen LogP contribution is -2.46. The average molecular weight is 349 g/mol. The number of amides is 2. The predicted molar refractivity (Wildman–Crippen MR) is 92.2 cm³/mol. The molecule has 0 bridgehead atoms. The topological polar surface area (TPSA) is 61.9 Å². The minimum atomic E-state index is -0.388. The van der Waals surface area contributed by atoms with Gasteiger partial charge in [-0.05, 0) is 31.0 Å². The first-order valence-electron chi connectivity index (χ1n) is 8.73. The van der Waals surface area contributed by atoms with E-state index < -0.39 is 0 Å². The highest BCUT2D eigenvalue weighted by Gasteiger charge is 2.23. The zero-order valence-corrected chi connectivity index (χ0v) is 14.5. The Kier molecular flexibility index (Phi) is 5.53. The van der Waals surface area contributed by atoms with Crippen LogP contribution in [-0.4, -0.2) is 62.1 Å². The second kappa shape index (κ2) is 7.82. The van der Waals surface area contributed by atoms with E-state index in [4.69, 9.17) is 4.74 Å². The summed E-state index contributed by atoms with van der Waals surface area (Å²) in [6.07, 6.45) is 1.44. The third-order valence-corrected chi connectivity index (χ3v) is 4.84. The molecule has 1 aromatic carbocycles. The van der Waals surface area contributed by atoms with E-state index in [2.05, 4.69) is 5.32 Å². The van der Waals surface area contributed by atoms with Gasteiger partial charge < -0.3 is 19.9 Å². The lowest BCUT2D eigenvalue weighted by molar-refractivity contribution is -0.129. The molecule has 0 radical (unpaired) electrons. The van der Waals surface area contributed by atoms with E-state index in [0.717, 1.165) is 12.8 Å². The van der Waals surface area contributed by atoms with Crippen LogP contribution in [0.4, 0.5) is 10.1 Å². The molecule has 2 aliphatic heterocycles. The number of likely N-dealkylation sites (tertiary alicyclic amines) is 1. The third-order valence-electron chi connectivity index (χ3n) is 4.84. The number of piperidine rings is 1. The highest BCUT2D eigenvalue weighted by atomic mass is 19.1. The van der Waals surface area contributed by atoms with Crippen molar-refractivity contribution in [2.24, 2.45) is 0 Å². The molecule has 1 aromatic rings. The molecule has 0 saturated carbocycles. The van der Waals surface area contributed by atoms with E-state index in [1.807, 2.05) is 4.90 Å². The largest absolute Gasteiger partial charge is 0.378 e. The normalized spacial score (nSPS) is 19.0. The van der Waals surface area contributed by atoms with Crippen LogP contribution in [0.3, 0.4) is 0 Å². The Balaban J connectivity index is 1.59. The number of rotatable bonds is 3. The Morgan fingerprint density at radius 3 is 2.44 bits per heavy atom. The summed E-state index contributed by atoms with van der Waals surface area (Å²) in [5, 5.41) is 2.94. The Morgan fingerprint density at radius 1 is 1.16 bits per heavy atom. The molecular formula is C18H24FN3O3. The van der Waals surface area contributed by atoms with Gasteiger partial charge in [0.15, 0.2) is 0 Å². The number of carbonyl (C=O) groups excluding carboxylic acids is 2. The van der Waals surface area contributed by atoms with Gasteiger partial charge in [-0.1, -0.05) is 0 Å². The maximum Gasteiger partial charge on any atom is 0.251 e. The number of hydrogen-bond acceptors (Lipinski definition) is 4. The molecule has 2 heterocycles. The maximum absolute atomic E-state index is 14.4. The van der Waals surface area contributed by atoms with Crippen molar-refractivity contribution in [1.29, 1.82) is 0 Å². The van der Waals surface area contributed by atoms with Crippen molar-refractivity contribution in [3.63, 3.8) is 0 Å². The quantitative estimate of drug-likeness (QED) is 0.896. The number of anilines is 1. The molecule has 3 rings (SSSR count). The summed E-state index contributed by atoms with van der Waals surface area (Å²) in [6, 6.07) is 4.64. The summed E-state index contributed by atoms with van der Waals surface area (Å²) in [4.78, 5) is 27.4. The second-order valence-electron chi connectivity index (χ2n) is 6.52. The fourth-order valence-corrected chi connectivity index (χ4v) is 3.32. The standard InChI is InChI=1S/C18H24FN3O3/c1-13(23)21-6-4-15(5-7-21)20-18(24)14-2-3-17(16(19)12-14)22-8-10-25-11-9-22/h2-3,12,15H,4-11H2,1H3,(H,20,24). The van der Waals surface area contributed by atoms with Crippen molar-refractivity contribution in [3.05, 3.63) is 29.6 Å². The molecule has 0 atom stereocenters. The maximum atomic E-state index is 14.4. The Labute approximate surface area is 146 Å². The zero-order valence-electron chi connectivity index (χ0n) is 14.5. The van der Waals surface area contributed by atoms with Crippen molar-refractivity contribution in [1.82, 2.24) is 10.2 Å². The second-order valence-corrected chi connectivity index (χ2v) is 6.52. The molecule has 2 fully saturated rings. The fraction of sp³-hybridized carbons (Fsp3) is 0.556. The Morgan fingerprint density at radius 2 is 1.84 bits per heavy atom. The zero-order chi connectivity index (χ0) is 17.8. The smallest absolute Gasteiger partial charge is 0.251 e. The Hall–Kier alpha value is -2.15. The molecule has 25 heavy (non-hydrogen) atoms. The summed E-state index contributed by atoms with van der Waals surface area (Å²) >= 11 is 0. The van der Waals surface area contributed by atoms with Gasteiger partial charge in [0.25, 0.3) is 5.91 Å². The van der Waals surface area contributed by atoms with Crippen LogP contribution in [0.5, 0.6) is 0 Å². The highest BCUT2D eigenvalue weighted by molar-refractivity contribution is 5.94. The van der Waals surface area contributed by atoms with Crippen LogP contribution in [0, 0.1) is 5.82 Å². The molecule has 0 aliphatic carbocycles. The number of nitrogens with one attached hydrogen (secondary N) is 1. The Bertz CT molecular complexity index is 638. The van der Waals surface area contributed by atoms with E-state index in [9.17, 15) is 14.0 Å². The van der Waals surface area contributed by atoms with E-state index in [1.54, 1.807) is 24.0 Å². The number of carbonyl (C=O) groups is 2. The summed E-state index contributed by atoms with van der Waals surface area (Å²) in [5.41, 5.74) is 0.832. The average Bonchev–Trinajstić information content (AvgIpc) is 2.62. The number of nitrogens with zero attached hydrogens (tertiary/aromatic N) is 2. The summed E-state index contributed by atoms with van der Waals surface area (Å²) in [5.74, 6) is -0.597. The van der Waals surface area contributed by atoms with Gasteiger partial charge in [0, 0.05) is 44.7 Å². The van der Waals surface area contributed by atoms with Gasteiger partial charge in [0.2, 0.25) is 5.91 Å². The van der Waals surface area contributed by atoms with E-state index in [1.165, 1.54) is 6.07 Å². The fourth-order valence-electron chi connectivity index (χ4n) is 3.32. The molecule has 136 valence electrons. The SMILES string of the molecule is CC(=O)N1CCC(NC(=O)c2ccc(N3CCOCC3)c(F)c2)CC1. The lowest BCUT2D eigenvalue weighted by atomic mass is 10.0. The first-order valence-corrected chi connectivity index (χ1v) is 8.73. The minimum absolute atomic E-state index is 0.0186. The number of hydrogen-bond donors (Lipinski definition) is 1. The molecule has 0 spiro atoms. The predicted octanol–water partition coefficient (Wildman–Crippen LogP) is 1.40. The first kappa shape index (κ1) is 17.7. The van der Waals surface area contributed by atoms with Gasteiger partial charge in [-0.2, -0.15) is 0 Å². The van der Waals surface area contributed by atoms with Crippen molar-refractivity contribution < 1.29 is 18.7 Å². The molecule has 0 aromatic heterocycles. The molecule has 2 amide bonds. The van der Waals surface area contributed by atoms with Crippen LogP contribution >= 0.6 is 0 Å². The molecule has 7 heteroatoms. The van der Waals surface area contributed by atoms with Gasteiger partial charge in [-0.15, -0.1) is 0 Å². The van der Waals surface area contributed by atoms with E-state index >= 15 is 0 Å². The molecule has 2 saturated heterocycles. The van der Waals surface area contributed by atoms with Gasteiger partial charge in [0.1, 0.15) is 5.82 Å². The van der Waals surface area contributed by atoms with Gasteiger partial charge in [-0.3, -0.25) is 9.59 Å². The van der Waals surface area contributed by atoms with Gasteiger partial charge in [-0.25, -0.2) is 4.39 Å². The van der Waals surface area contributed by atoms with Crippen LogP contribution in [-0.2, 0) is 9.53 Å². The first-order chi connectivity index (χ1) is 12.0. The van der Waals surface area contributed by atoms with Crippen LogP contribution in [0.2, 0.25) is 0 Å². The number of ether oxygens (including phenoxy) is 1. The van der Waals surface area contributed by atoms with E-state index in [0.29, 0.717) is 50.6 Å². The van der Waals surface area contributed by atoms with Crippen LogP contribution < -0.4 is 10.2 Å². The summed E-state index contributed by atoms with van der Waals surface area (Å²) in [7, 11) is 0. The van der Waals surface area contributed by atoms with Crippen molar-refractivity contribution >= 4 is 17.5 Å². The van der Waals surface area contributed by atoms with Crippen LogP contribution in [0.15, 0.2) is 18.2 Å². The minimum Gasteiger partial charge on any atom is -0.378 e.